The van der Waals surface area contributed by atoms with Crippen LogP contribution in [0.2, 0.25) is 0 Å². The van der Waals surface area contributed by atoms with Gasteiger partial charge in [0.1, 0.15) is 5.82 Å². The van der Waals surface area contributed by atoms with E-state index in [1.807, 2.05) is 0 Å². The highest BCUT2D eigenvalue weighted by Crippen LogP contribution is 2.58. The van der Waals surface area contributed by atoms with E-state index in [4.69, 9.17) is 9.47 Å². The predicted molar refractivity (Wildman–Crippen MR) is 107 cm³/mol. The molecule has 1 saturated heterocycles. The van der Waals surface area contributed by atoms with Crippen molar-refractivity contribution in [1.82, 2.24) is 10.2 Å². The van der Waals surface area contributed by atoms with E-state index < -0.39 is 0 Å². The van der Waals surface area contributed by atoms with Gasteiger partial charge in [-0.2, -0.15) is 0 Å². The fraction of sp³-hybridized carbons (Fsp3) is 0.364. The molecule has 0 unspecified atom stereocenters. The van der Waals surface area contributed by atoms with Crippen molar-refractivity contribution in [2.45, 2.75) is 19.4 Å². The quantitative estimate of drug-likeness (QED) is 0.810. The number of nitrogens with one attached hydrogen (secondary N) is 2. The number of rotatable bonds is 4. The van der Waals surface area contributed by atoms with Gasteiger partial charge in [0, 0.05) is 42.7 Å². The Hall–Kier alpha value is -3.29. The van der Waals surface area contributed by atoms with Gasteiger partial charge in [-0.3, -0.25) is 4.79 Å². The first-order valence-electron chi connectivity index (χ1n) is 10.0. The van der Waals surface area contributed by atoms with Crippen LogP contribution in [0.25, 0.3) is 0 Å². The van der Waals surface area contributed by atoms with Crippen molar-refractivity contribution in [3.8, 4) is 11.5 Å². The van der Waals surface area contributed by atoms with Crippen molar-refractivity contribution in [1.29, 1.82) is 0 Å². The Bertz CT molecular complexity index is 1010. The minimum atomic E-state index is -0.323. The molecular formula is C22H22FN3O4. The summed E-state index contributed by atoms with van der Waals surface area (Å²) >= 11 is 0. The van der Waals surface area contributed by atoms with Crippen LogP contribution in [0.5, 0.6) is 11.5 Å². The van der Waals surface area contributed by atoms with E-state index >= 15 is 0 Å². The molecule has 2 N–H and O–H groups in total. The lowest BCUT2D eigenvalue weighted by atomic mass is 10.0. The molecule has 8 heteroatoms. The zero-order valence-corrected chi connectivity index (χ0v) is 16.3. The number of urea groups is 1. The van der Waals surface area contributed by atoms with Crippen molar-refractivity contribution in [2.24, 2.45) is 11.3 Å². The molecule has 1 spiro atoms. The Morgan fingerprint density at radius 2 is 2.03 bits per heavy atom. The van der Waals surface area contributed by atoms with E-state index in [0.717, 1.165) is 12.8 Å². The van der Waals surface area contributed by atoms with Crippen molar-refractivity contribution < 1.29 is 23.5 Å². The molecule has 5 rings (SSSR count). The largest absolute Gasteiger partial charge is 0.454 e. The minimum absolute atomic E-state index is 0.0316. The molecule has 1 aliphatic carbocycles. The van der Waals surface area contributed by atoms with Gasteiger partial charge in [-0.05, 0) is 42.7 Å². The first-order valence-corrected chi connectivity index (χ1v) is 10.0. The molecule has 1 saturated carbocycles. The van der Waals surface area contributed by atoms with Crippen LogP contribution in [0.4, 0.5) is 14.9 Å². The number of hydrogen-bond acceptors (Lipinski definition) is 4. The van der Waals surface area contributed by atoms with E-state index in [0.29, 0.717) is 35.8 Å². The zero-order valence-electron chi connectivity index (χ0n) is 16.3. The maximum atomic E-state index is 13.3. The van der Waals surface area contributed by atoms with Gasteiger partial charge in [-0.1, -0.05) is 12.1 Å². The summed E-state index contributed by atoms with van der Waals surface area (Å²) in [5, 5.41) is 5.79. The van der Waals surface area contributed by atoms with Crippen LogP contribution in [0.3, 0.4) is 0 Å². The molecule has 0 aromatic heterocycles. The van der Waals surface area contributed by atoms with Crippen molar-refractivity contribution in [3.05, 3.63) is 53.8 Å². The molecule has 2 atom stereocenters. The van der Waals surface area contributed by atoms with Crippen molar-refractivity contribution in [3.63, 3.8) is 0 Å². The fourth-order valence-electron chi connectivity index (χ4n) is 4.38. The van der Waals surface area contributed by atoms with Gasteiger partial charge in [0.15, 0.2) is 11.5 Å². The maximum Gasteiger partial charge on any atom is 0.317 e. The number of likely N-dealkylation sites (tertiary alicyclic amines) is 1. The molecule has 7 nitrogen and oxygen atoms in total. The summed E-state index contributed by atoms with van der Waals surface area (Å²) in [6.07, 6.45) is 1.58. The topological polar surface area (TPSA) is 79.9 Å². The lowest BCUT2D eigenvalue weighted by Crippen LogP contribution is -2.38. The average Bonchev–Trinajstić information content (AvgIpc) is 3.04. The van der Waals surface area contributed by atoms with Gasteiger partial charge in [-0.25, -0.2) is 9.18 Å². The number of halogens is 1. The van der Waals surface area contributed by atoms with Gasteiger partial charge in [-0.15, -0.1) is 0 Å². The first kappa shape index (κ1) is 18.7. The summed E-state index contributed by atoms with van der Waals surface area (Å²) in [6, 6.07) is 11.3. The molecular weight excluding hydrogens is 389 g/mol. The first-order chi connectivity index (χ1) is 14.5. The van der Waals surface area contributed by atoms with Gasteiger partial charge in [0.05, 0.1) is 0 Å². The molecule has 2 fully saturated rings. The number of ether oxygens (including phenoxy) is 2. The highest BCUT2D eigenvalue weighted by Gasteiger charge is 2.61. The van der Waals surface area contributed by atoms with Crippen LogP contribution in [-0.2, 0) is 11.3 Å². The Balaban J connectivity index is 1.14. The van der Waals surface area contributed by atoms with E-state index in [2.05, 4.69) is 10.6 Å². The number of nitrogens with zero attached hydrogens (tertiary/aromatic N) is 1. The van der Waals surface area contributed by atoms with Crippen LogP contribution in [0.15, 0.2) is 42.5 Å². The summed E-state index contributed by atoms with van der Waals surface area (Å²) in [4.78, 5) is 27.0. The molecule has 2 aliphatic heterocycles. The molecule has 2 aromatic rings. The molecule has 30 heavy (non-hydrogen) atoms. The van der Waals surface area contributed by atoms with E-state index in [1.165, 1.54) is 12.1 Å². The van der Waals surface area contributed by atoms with Gasteiger partial charge in [0.2, 0.25) is 12.7 Å². The summed E-state index contributed by atoms with van der Waals surface area (Å²) in [7, 11) is 0. The third-order valence-electron chi connectivity index (χ3n) is 6.15. The molecule has 2 aromatic carbocycles. The molecule has 156 valence electrons. The van der Waals surface area contributed by atoms with Gasteiger partial charge in [0.25, 0.3) is 0 Å². The Kier molecular flexibility index (Phi) is 4.49. The van der Waals surface area contributed by atoms with Crippen LogP contribution < -0.4 is 20.1 Å². The van der Waals surface area contributed by atoms with Crippen LogP contribution in [0.1, 0.15) is 18.4 Å². The number of anilines is 1. The van der Waals surface area contributed by atoms with Gasteiger partial charge >= 0.3 is 6.03 Å². The van der Waals surface area contributed by atoms with Gasteiger partial charge < -0.3 is 25.0 Å². The monoisotopic (exact) mass is 411 g/mol. The van der Waals surface area contributed by atoms with Crippen molar-refractivity contribution >= 4 is 17.6 Å². The third kappa shape index (κ3) is 3.53. The molecule has 2 heterocycles. The second kappa shape index (κ2) is 7.19. The maximum absolute atomic E-state index is 13.3. The highest BCUT2D eigenvalue weighted by atomic mass is 19.1. The second-order valence-corrected chi connectivity index (χ2v) is 8.14. The predicted octanol–water partition coefficient (Wildman–Crippen LogP) is 3.11. The average molecular weight is 411 g/mol. The fourth-order valence-corrected chi connectivity index (χ4v) is 4.38. The summed E-state index contributed by atoms with van der Waals surface area (Å²) in [6.45, 7) is 1.63. The smallest absolute Gasteiger partial charge is 0.317 e. The Morgan fingerprint density at radius 3 is 2.90 bits per heavy atom. The number of amides is 3. The lowest BCUT2D eigenvalue weighted by Gasteiger charge is -2.17. The summed E-state index contributed by atoms with van der Waals surface area (Å²) in [5.74, 6) is 0.836. The SMILES string of the molecule is O=C(Nc1ccc2c(c1)OCO2)[C@H]1C[C@@]12CCN(C(=O)NCc1cccc(F)c1)C2. The minimum Gasteiger partial charge on any atom is -0.454 e. The number of hydrogen-bond donors (Lipinski definition) is 2. The standard InChI is InChI=1S/C22H22FN3O4/c23-15-3-1-2-14(8-15)11-24-21(28)26-7-6-22(12-26)10-17(22)20(27)25-16-4-5-18-19(9-16)30-13-29-18/h1-5,8-9,17H,6-7,10-13H2,(H,24,28)(H,25,27)/t17-,22-/m1/s1. The molecule has 0 bridgehead atoms. The number of carbonyl (C=O) groups excluding carboxylic acids is 2. The van der Waals surface area contributed by atoms with E-state index in [9.17, 15) is 14.0 Å². The summed E-state index contributed by atoms with van der Waals surface area (Å²) in [5.41, 5.74) is 1.25. The molecule has 3 aliphatic rings. The van der Waals surface area contributed by atoms with Crippen LogP contribution in [0, 0.1) is 17.2 Å². The molecule has 0 radical (unpaired) electrons. The van der Waals surface area contributed by atoms with E-state index in [-0.39, 0.29) is 42.4 Å². The number of carbonyl (C=O) groups is 2. The Morgan fingerprint density at radius 1 is 1.17 bits per heavy atom. The zero-order chi connectivity index (χ0) is 20.7. The Labute approximate surface area is 173 Å². The lowest BCUT2D eigenvalue weighted by molar-refractivity contribution is -0.118. The van der Waals surface area contributed by atoms with Crippen LogP contribution >= 0.6 is 0 Å². The van der Waals surface area contributed by atoms with Crippen molar-refractivity contribution in [2.75, 3.05) is 25.2 Å². The summed E-state index contributed by atoms with van der Waals surface area (Å²) < 4.78 is 23.9. The number of benzene rings is 2. The molecule has 3 amide bonds. The normalized spacial score (nSPS) is 23.5. The second-order valence-electron chi connectivity index (χ2n) is 8.14. The number of fused-ring (bicyclic) bond motifs is 1. The highest BCUT2D eigenvalue weighted by molar-refractivity contribution is 5.95. The third-order valence-corrected chi connectivity index (χ3v) is 6.15. The van der Waals surface area contributed by atoms with Crippen LogP contribution in [-0.4, -0.2) is 36.7 Å². The van der Waals surface area contributed by atoms with E-state index in [1.54, 1.807) is 35.2 Å².